The summed E-state index contributed by atoms with van der Waals surface area (Å²) in [5.41, 5.74) is 2.90. The van der Waals surface area contributed by atoms with Crippen molar-refractivity contribution in [3.63, 3.8) is 0 Å². The van der Waals surface area contributed by atoms with Crippen molar-refractivity contribution in [3.8, 4) is 0 Å². The minimum Gasteiger partial charge on any atom is -0.324 e. The SMILES string of the molecule is CNC(C(=O)Nc1ccc(CCN(C)C)cc1)c1cnn(C)c1.Cl.Cl. The van der Waals surface area contributed by atoms with E-state index in [0.29, 0.717) is 0 Å². The zero-order valence-corrected chi connectivity index (χ0v) is 16.7. The topological polar surface area (TPSA) is 62.2 Å². The van der Waals surface area contributed by atoms with Crippen molar-refractivity contribution < 1.29 is 4.79 Å². The summed E-state index contributed by atoms with van der Waals surface area (Å²) >= 11 is 0. The maximum absolute atomic E-state index is 12.4. The second-order valence-electron chi connectivity index (χ2n) is 5.91. The lowest BCUT2D eigenvalue weighted by Crippen LogP contribution is -2.30. The van der Waals surface area contributed by atoms with Crippen LogP contribution in [-0.4, -0.2) is 48.3 Å². The van der Waals surface area contributed by atoms with Gasteiger partial charge in [0.1, 0.15) is 6.04 Å². The van der Waals surface area contributed by atoms with Crippen LogP contribution in [0.15, 0.2) is 36.7 Å². The molecule has 1 aromatic heterocycles. The molecule has 1 atom stereocenters. The van der Waals surface area contributed by atoms with Crippen molar-refractivity contribution in [2.45, 2.75) is 12.5 Å². The average molecular weight is 388 g/mol. The molecular weight excluding hydrogens is 361 g/mol. The number of hydrogen-bond acceptors (Lipinski definition) is 4. The number of aromatic nitrogens is 2. The molecule has 0 saturated heterocycles. The van der Waals surface area contributed by atoms with E-state index < -0.39 is 6.04 Å². The Labute approximate surface area is 161 Å². The third kappa shape index (κ3) is 7.04. The van der Waals surface area contributed by atoms with Crippen LogP contribution < -0.4 is 10.6 Å². The Morgan fingerprint density at radius 1 is 1.24 bits per heavy atom. The van der Waals surface area contributed by atoms with Crippen LogP contribution in [0.5, 0.6) is 0 Å². The molecule has 8 heteroatoms. The third-order valence-corrected chi connectivity index (χ3v) is 3.68. The summed E-state index contributed by atoms with van der Waals surface area (Å²) in [6, 6.07) is 7.57. The molecule has 0 saturated carbocycles. The maximum atomic E-state index is 12.4. The molecule has 2 rings (SSSR count). The van der Waals surface area contributed by atoms with Crippen molar-refractivity contribution in [1.82, 2.24) is 20.0 Å². The van der Waals surface area contributed by atoms with E-state index >= 15 is 0 Å². The highest BCUT2D eigenvalue weighted by Gasteiger charge is 2.20. The Balaban J connectivity index is 0.00000288. The van der Waals surface area contributed by atoms with E-state index in [4.69, 9.17) is 0 Å². The maximum Gasteiger partial charge on any atom is 0.246 e. The van der Waals surface area contributed by atoms with E-state index in [1.165, 1.54) is 5.56 Å². The van der Waals surface area contributed by atoms with Gasteiger partial charge in [-0.25, -0.2) is 0 Å². The van der Waals surface area contributed by atoms with Gasteiger partial charge in [-0.1, -0.05) is 12.1 Å². The normalized spacial score (nSPS) is 11.4. The number of nitrogens with one attached hydrogen (secondary N) is 2. The summed E-state index contributed by atoms with van der Waals surface area (Å²) in [5, 5.41) is 10.1. The lowest BCUT2D eigenvalue weighted by Gasteiger charge is -2.15. The molecular formula is C17H27Cl2N5O. The summed E-state index contributed by atoms with van der Waals surface area (Å²) < 4.78 is 1.69. The summed E-state index contributed by atoms with van der Waals surface area (Å²) in [6.07, 6.45) is 4.53. The van der Waals surface area contributed by atoms with Crippen molar-refractivity contribution in [3.05, 3.63) is 47.8 Å². The fraction of sp³-hybridized carbons (Fsp3) is 0.412. The number of rotatable bonds is 7. The van der Waals surface area contributed by atoms with Crippen molar-refractivity contribution >= 4 is 36.4 Å². The predicted octanol–water partition coefficient (Wildman–Crippen LogP) is 2.27. The predicted molar refractivity (Wildman–Crippen MR) is 107 cm³/mol. The van der Waals surface area contributed by atoms with Crippen LogP contribution in [0, 0.1) is 0 Å². The quantitative estimate of drug-likeness (QED) is 0.764. The first-order valence-corrected chi connectivity index (χ1v) is 7.70. The molecule has 1 amide bonds. The number of carbonyl (C=O) groups excluding carboxylic acids is 1. The Hall–Kier alpha value is -1.60. The van der Waals surface area contributed by atoms with E-state index in [2.05, 4.69) is 46.9 Å². The van der Waals surface area contributed by atoms with Gasteiger partial charge >= 0.3 is 0 Å². The molecule has 0 spiro atoms. The van der Waals surface area contributed by atoms with E-state index in [1.807, 2.05) is 25.4 Å². The summed E-state index contributed by atoms with van der Waals surface area (Å²) in [7, 11) is 7.72. The lowest BCUT2D eigenvalue weighted by molar-refractivity contribution is -0.118. The van der Waals surface area contributed by atoms with Gasteiger partial charge in [-0.3, -0.25) is 9.48 Å². The minimum atomic E-state index is -0.419. The van der Waals surface area contributed by atoms with E-state index in [9.17, 15) is 4.79 Å². The van der Waals surface area contributed by atoms with Crippen LogP contribution >= 0.6 is 24.8 Å². The minimum absolute atomic E-state index is 0. The van der Waals surface area contributed by atoms with Gasteiger partial charge in [0.25, 0.3) is 0 Å². The van der Waals surface area contributed by atoms with E-state index in [1.54, 1.807) is 17.9 Å². The van der Waals surface area contributed by atoms with E-state index in [-0.39, 0.29) is 30.7 Å². The van der Waals surface area contributed by atoms with Gasteiger partial charge in [0.2, 0.25) is 5.91 Å². The van der Waals surface area contributed by atoms with Crippen molar-refractivity contribution in [2.24, 2.45) is 7.05 Å². The lowest BCUT2D eigenvalue weighted by atomic mass is 10.1. The molecule has 2 N–H and O–H groups in total. The number of hydrogen-bond donors (Lipinski definition) is 2. The molecule has 25 heavy (non-hydrogen) atoms. The molecule has 140 valence electrons. The molecule has 1 heterocycles. The van der Waals surface area contributed by atoms with Crippen LogP contribution in [0.4, 0.5) is 5.69 Å². The first-order chi connectivity index (χ1) is 11.0. The number of halogens is 2. The van der Waals surface area contributed by atoms with Crippen LogP contribution in [0.2, 0.25) is 0 Å². The number of aryl methyl sites for hydroxylation is 1. The monoisotopic (exact) mass is 387 g/mol. The number of carbonyl (C=O) groups is 1. The zero-order valence-electron chi connectivity index (χ0n) is 15.0. The highest BCUT2D eigenvalue weighted by atomic mass is 35.5. The average Bonchev–Trinajstić information content (AvgIpc) is 2.93. The molecule has 1 aromatic carbocycles. The third-order valence-electron chi connectivity index (χ3n) is 3.68. The van der Waals surface area contributed by atoms with Crippen LogP contribution in [0.25, 0.3) is 0 Å². The van der Waals surface area contributed by atoms with Crippen LogP contribution in [-0.2, 0) is 18.3 Å². The molecule has 6 nitrogen and oxygen atoms in total. The largest absolute Gasteiger partial charge is 0.324 e. The summed E-state index contributed by atoms with van der Waals surface area (Å²) in [5.74, 6) is -0.0958. The Kier molecular flexibility index (Phi) is 10.4. The summed E-state index contributed by atoms with van der Waals surface area (Å²) in [4.78, 5) is 14.6. The van der Waals surface area contributed by atoms with Gasteiger partial charge < -0.3 is 15.5 Å². The molecule has 2 aromatic rings. The highest BCUT2D eigenvalue weighted by molar-refractivity contribution is 5.95. The van der Waals surface area contributed by atoms with Gasteiger partial charge in [0.05, 0.1) is 6.20 Å². The van der Waals surface area contributed by atoms with Crippen LogP contribution in [0.3, 0.4) is 0 Å². The van der Waals surface area contributed by atoms with Gasteiger partial charge in [0.15, 0.2) is 0 Å². The number of likely N-dealkylation sites (N-methyl/N-ethyl adjacent to an activating group) is 2. The highest BCUT2D eigenvalue weighted by Crippen LogP contribution is 2.16. The van der Waals surface area contributed by atoms with Crippen molar-refractivity contribution in [2.75, 3.05) is 33.0 Å². The number of anilines is 1. The van der Waals surface area contributed by atoms with Gasteiger partial charge in [0, 0.05) is 31.0 Å². The first kappa shape index (κ1) is 23.4. The second-order valence-corrected chi connectivity index (χ2v) is 5.91. The van der Waals surface area contributed by atoms with Crippen molar-refractivity contribution in [1.29, 1.82) is 0 Å². The van der Waals surface area contributed by atoms with Gasteiger partial charge in [-0.15, -0.1) is 24.8 Å². The fourth-order valence-corrected chi connectivity index (χ4v) is 2.36. The molecule has 0 radical (unpaired) electrons. The Morgan fingerprint density at radius 3 is 2.36 bits per heavy atom. The summed E-state index contributed by atoms with van der Waals surface area (Å²) in [6.45, 7) is 1.01. The molecule has 0 fully saturated rings. The zero-order chi connectivity index (χ0) is 16.8. The van der Waals surface area contributed by atoms with Gasteiger partial charge in [-0.2, -0.15) is 5.10 Å². The number of amides is 1. The Morgan fingerprint density at radius 2 is 1.88 bits per heavy atom. The van der Waals surface area contributed by atoms with Crippen LogP contribution in [0.1, 0.15) is 17.2 Å². The number of nitrogens with zero attached hydrogens (tertiary/aromatic N) is 3. The molecule has 0 aliphatic heterocycles. The van der Waals surface area contributed by atoms with E-state index in [0.717, 1.165) is 24.2 Å². The molecule has 0 bridgehead atoms. The second kappa shape index (κ2) is 11.1. The molecule has 1 unspecified atom stereocenters. The molecule has 0 aliphatic carbocycles. The van der Waals surface area contributed by atoms with Gasteiger partial charge in [-0.05, 0) is 45.3 Å². The first-order valence-electron chi connectivity index (χ1n) is 7.70. The number of benzene rings is 1. The Bertz CT molecular complexity index is 643. The smallest absolute Gasteiger partial charge is 0.246 e. The molecule has 0 aliphatic rings. The fourth-order valence-electron chi connectivity index (χ4n) is 2.36. The standard InChI is InChI=1S/C17H25N5O.2ClH/c1-18-16(14-11-19-22(4)12-14)17(23)20-15-7-5-13(6-8-15)9-10-21(2)3;;/h5-8,11-12,16,18H,9-10H2,1-4H3,(H,20,23);2*1H.